The van der Waals surface area contributed by atoms with Gasteiger partial charge in [-0.3, -0.25) is 9.69 Å². The molecule has 8 heteroatoms. The number of methoxy groups -OCH3 is 1. The topological polar surface area (TPSA) is 78.4 Å². The highest BCUT2D eigenvalue weighted by Crippen LogP contribution is 2.17. The second-order valence-electron chi connectivity index (χ2n) is 6.82. The molecule has 1 aliphatic heterocycles. The van der Waals surface area contributed by atoms with Gasteiger partial charge in [-0.05, 0) is 18.1 Å². The summed E-state index contributed by atoms with van der Waals surface area (Å²) in [5, 5.41) is 6.65. The van der Waals surface area contributed by atoms with Crippen molar-refractivity contribution in [2.24, 2.45) is 4.99 Å². The Hall–Kier alpha value is -2.32. The molecule has 28 heavy (non-hydrogen) atoms. The van der Waals surface area contributed by atoms with E-state index in [0.29, 0.717) is 12.5 Å². The first-order valence-corrected chi connectivity index (χ1v) is 9.74. The van der Waals surface area contributed by atoms with Gasteiger partial charge in [0.25, 0.3) is 0 Å². The summed E-state index contributed by atoms with van der Waals surface area (Å²) < 4.78 is 10.8. The lowest BCUT2D eigenvalue weighted by molar-refractivity contribution is -0.127. The van der Waals surface area contributed by atoms with Crippen LogP contribution >= 0.6 is 0 Å². The number of carbonyl (C=O) groups is 1. The van der Waals surface area contributed by atoms with Crippen molar-refractivity contribution < 1.29 is 14.3 Å². The molecule has 1 aliphatic rings. The van der Waals surface area contributed by atoms with Gasteiger partial charge in [0.2, 0.25) is 5.91 Å². The standard InChI is InChI=1S/C20H33N5O3/c1-24(2)19(26)16-23-20(22-10-11-25-12-14-28-15-13-25)21-9-8-17-6-4-5-7-18(17)27-3/h4-7H,8-16H2,1-3H3,(H2,21,22,23). The fraction of sp³-hybridized carbons (Fsp3) is 0.600. The summed E-state index contributed by atoms with van der Waals surface area (Å²) in [6, 6.07) is 7.98. The van der Waals surface area contributed by atoms with Crippen LogP contribution < -0.4 is 15.4 Å². The zero-order valence-electron chi connectivity index (χ0n) is 17.2. The molecule has 1 saturated heterocycles. The molecule has 2 rings (SSSR count). The van der Waals surface area contributed by atoms with E-state index in [1.54, 1.807) is 26.1 Å². The number of hydrogen-bond donors (Lipinski definition) is 2. The summed E-state index contributed by atoms with van der Waals surface area (Å²) in [5.74, 6) is 1.50. The van der Waals surface area contributed by atoms with Crippen molar-refractivity contribution in [3.63, 3.8) is 0 Å². The van der Waals surface area contributed by atoms with Gasteiger partial charge in [-0.15, -0.1) is 0 Å². The van der Waals surface area contributed by atoms with E-state index >= 15 is 0 Å². The van der Waals surface area contributed by atoms with Crippen molar-refractivity contribution >= 4 is 11.9 Å². The molecule has 0 aromatic heterocycles. The molecule has 0 radical (unpaired) electrons. The summed E-state index contributed by atoms with van der Waals surface area (Å²) in [6.07, 6.45) is 0.801. The van der Waals surface area contributed by atoms with Crippen molar-refractivity contribution in [1.29, 1.82) is 0 Å². The number of likely N-dealkylation sites (N-methyl/N-ethyl adjacent to an activating group) is 1. The first-order chi connectivity index (χ1) is 13.6. The number of nitrogens with zero attached hydrogens (tertiary/aromatic N) is 3. The van der Waals surface area contributed by atoms with E-state index < -0.39 is 0 Å². The SMILES string of the molecule is COc1ccccc1CCNC(=NCC(=O)N(C)C)NCCN1CCOCC1. The largest absolute Gasteiger partial charge is 0.496 e. The van der Waals surface area contributed by atoms with Gasteiger partial charge in [0.15, 0.2) is 5.96 Å². The molecule has 1 heterocycles. The highest BCUT2D eigenvalue weighted by Gasteiger charge is 2.10. The summed E-state index contributed by atoms with van der Waals surface area (Å²) in [7, 11) is 5.15. The van der Waals surface area contributed by atoms with Crippen LogP contribution in [0.5, 0.6) is 5.75 Å². The number of nitrogens with one attached hydrogen (secondary N) is 2. The Labute approximate surface area is 167 Å². The molecule has 2 N–H and O–H groups in total. The number of morpholine rings is 1. The quantitative estimate of drug-likeness (QED) is 0.462. The fourth-order valence-electron chi connectivity index (χ4n) is 2.84. The molecule has 0 atom stereocenters. The van der Waals surface area contributed by atoms with Crippen LogP contribution in [0.25, 0.3) is 0 Å². The second-order valence-corrected chi connectivity index (χ2v) is 6.82. The van der Waals surface area contributed by atoms with Gasteiger partial charge in [0.1, 0.15) is 12.3 Å². The van der Waals surface area contributed by atoms with Gasteiger partial charge in [0.05, 0.1) is 20.3 Å². The smallest absolute Gasteiger partial charge is 0.243 e. The van der Waals surface area contributed by atoms with Crippen molar-refractivity contribution in [1.82, 2.24) is 20.4 Å². The lowest BCUT2D eigenvalue weighted by Gasteiger charge is -2.26. The van der Waals surface area contributed by atoms with Gasteiger partial charge in [-0.25, -0.2) is 4.99 Å². The van der Waals surface area contributed by atoms with E-state index in [-0.39, 0.29) is 12.5 Å². The lowest BCUT2D eigenvalue weighted by atomic mass is 10.1. The van der Waals surface area contributed by atoms with Crippen LogP contribution in [-0.2, 0) is 16.0 Å². The Morgan fingerprint density at radius 3 is 2.64 bits per heavy atom. The van der Waals surface area contributed by atoms with Gasteiger partial charge in [-0.2, -0.15) is 0 Å². The average Bonchev–Trinajstić information content (AvgIpc) is 2.72. The molecule has 0 aliphatic carbocycles. The minimum atomic E-state index is -0.0287. The molecule has 156 valence electrons. The molecule has 8 nitrogen and oxygen atoms in total. The summed E-state index contributed by atoms with van der Waals surface area (Å²) >= 11 is 0. The lowest BCUT2D eigenvalue weighted by Crippen LogP contribution is -2.45. The molecule has 1 fully saturated rings. The number of benzene rings is 1. The van der Waals surface area contributed by atoms with Crippen LogP contribution in [0.15, 0.2) is 29.3 Å². The number of carbonyl (C=O) groups excluding carboxylic acids is 1. The first-order valence-electron chi connectivity index (χ1n) is 9.74. The van der Waals surface area contributed by atoms with Gasteiger partial charge >= 0.3 is 0 Å². The van der Waals surface area contributed by atoms with Crippen LogP contribution in [0.1, 0.15) is 5.56 Å². The zero-order valence-corrected chi connectivity index (χ0v) is 17.2. The highest BCUT2D eigenvalue weighted by atomic mass is 16.5. The maximum Gasteiger partial charge on any atom is 0.243 e. The summed E-state index contributed by atoms with van der Waals surface area (Å²) in [4.78, 5) is 20.2. The predicted octanol–water partition coefficient (Wildman–Crippen LogP) is 0.193. The Balaban J connectivity index is 1.85. The van der Waals surface area contributed by atoms with Crippen molar-refractivity contribution in [2.45, 2.75) is 6.42 Å². The molecule has 0 saturated carbocycles. The van der Waals surface area contributed by atoms with Crippen LogP contribution in [0.2, 0.25) is 0 Å². The maximum atomic E-state index is 11.9. The highest BCUT2D eigenvalue weighted by molar-refractivity contribution is 5.84. The molecule has 0 spiro atoms. The monoisotopic (exact) mass is 391 g/mol. The first kappa shape index (κ1) is 22.0. The van der Waals surface area contributed by atoms with Crippen LogP contribution in [-0.4, -0.2) is 95.4 Å². The summed E-state index contributed by atoms with van der Waals surface area (Å²) in [5.41, 5.74) is 1.13. The fourth-order valence-corrected chi connectivity index (χ4v) is 2.84. The molecule has 1 amide bonds. The second kappa shape index (κ2) is 12.2. The Kier molecular flexibility index (Phi) is 9.57. The third-order valence-corrected chi connectivity index (χ3v) is 4.57. The average molecular weight is 392 g/mol. The van der Waals surface area contributed by atoms with E-state index in [0.717, 1.165) is 57.1 Å². The number of hydrogen-bond acceptors (Lipinski definition) is 5. The number of aliphatic imine (C=N–C) groups is 1. The Bertz CT molecular complexity index is 630. The zero-order chi connectivity index (χ0) is 20.2. The minimum absolute atomic E-state index is 0.0287. The number of guanidine groups is 1. The van der Waals surface area contributed by atoms with E-state index in [1.165, 1.54) is 0 Å². The van der Waals surface area contributed by atoms with Gasteiger partial charge in [-0.1, -0.05) is 18.2 Å². The molecular weight excluding hydrogens is 358 g/mol. The van der Waals surface area contributed by atoms with Crippen molar-refractivity contribution in [2.75, 3.05) is 73.7 Å². The number of amides is 1. The predicted molar refractivity (Wildman–Crippen MR) is 111 cm³/mol. The van der Waals surface area contributed by atoms with Crippen LogP contribution in [0.3, 0.4) is 0 Å². The third kappa shape index (κ3) is 7.74. The van der Waals surface area contributed by atoms with Crippen LogP contribution in [0.4, 0.5) is 0 Å². The van der Waals surface area contributed by atoms with E-state index in [2.05, 4.69) is 26.6 Å². The number of ether oxygens (including phenoxy) is 2. The van der Waals surface area contributed by atoms with Crippen LogP contribution in [0, 0.1) is 0 Å². The Morgan fingerprint density at radius 1 is 1.21 bits per heavy atom. The Morgan fingerprint density at radius 2 is 1.93 bits per heavy atom. The molecule has 1 aromatic rings. The molecule has 0 unspecified atom stereocenters. The van der Waals surface area contributed by atoms with E-state index in [4.69, 9.17) is 9.47 Å². The van der Waals surface area contributed by atoms with E-state index in [1.807, 2.05) is 18.2 Å². The third-order valence-electron chi connectivity index (χ3n) is 4.57. The minimum Gasteiger partial charge on any atom is -0.496 e. The molecule has 1 aromatic carbocycles. The maximum absolute atomic E-state index is 11.9. The molecular formula is C20H33N5O3. The number of para-hydroxylation sites is 1. The van der Waals surface area contributed by atoms with E-state index in [9.17, 15) is 4.79 Å². The van der Waals surface area contributed by atoms with Gasteiger partial charge in [0, 0.05) is 46.8 Å². The summed E-state index contributed by atoms with van der Waals surface area (Å²) in [6.45, 7) is 5.97. The van der Waals surface area contributed by atoms with Crippen molar-refractivity contribution in [3.05, 3.63) is 29.8 Å². The van der Waals surface area contributed by atoms with Gasteiger partial charge < -0.3 is 25.0 Å². The normalized spacial score (nSPS) is 15.2. The number of rotatable bonds is 9. The van der Waals surface area contributed by atoms with Crippen molar-refractivity contribution in [3.8, 4) is 5.75 Å². The molecule has 0 bridgehead atoms.